The third kappa shape index (κ3) is 3.98. The first-order valence-electron chi connectivity index (χ1n) is 7.74. The number of amides is 1. The Kier molecular flexibility index (Phi) is 6.66. The maximum atomic E-state index is 12.4. The summed E-state index contributed by atoms with van der Waals surface area (Å²) in [6.07, 6.45) is -1.64. The molecule has 2 heterocycles. The standard InChI is InChI=1S/C14H26N2O6S/c1-16-5-3-4-8(16)13(21)15-7(6-17)12-10(19)9(18)11(20)14(22-12)23-2/h7-12,14,17-20H,3-6H2,1-2H3,(H,15,21). The summed E-state index contributed by atoms with van der Waals surface area (Å²) < 4.78 is 5.59. The highest BCUT2D eigenvalue weighted by molar-refractivity contribution is 7.99. The van der Waals surface area contributed by atoms with Crippen molar-refractivity contribution in [3.8, 4) is 0 Å². The van der Waals surface area contributed by atoms with Gasteiger partial charge in [-0.15, -0.1) is 11.8 Å². The third-order valence-electron chi connectivity index (χ3n) is 4.58. The molecule has 0 aromatic rings. The molecule has 0 saturated carbocycles. The van der Waals surface area contributed by atoms with E-state index in [1.54, 1.807) is 6.26 Å². The molecule has 9 heteroatoms. The first-order valence-corrected chi connectivity index (χ1v) is 9.03. The summed E-state index contributed by atoms with van der Waals surface area (Å²) in [4.78, 5) is 14.3. The number of hydrogen-bond donors (Lipinski definition) is 5. The summed E-state index contributed by atoms with van der Waals surface area (Å²) in [7, 11) is 1.86. The molecule has 7 unspecified atom stereocenters. The maximum Gasteiger partial charge on any atom is 0.237 e. The van der Waals surface area contributed by atoms with E-state index in [0.717, 1.165) is 19.4 Å². The number of ether oxygens (including phenoxy) is 1. The topological polar surface area (TPSA) is 122 Å². The van der Waals surface area contributed by atoms with Gasteiger partial charge in [-0.1, -0.05) is 0 Å². The van der Waals surface area contributed by atoms with Crippen molar-refractivity contribution in [2.24, 2.45) is 0 Å². The third-order valence-corrected chi connectivity index (χ3v) is 5.44. The van der Waals surface area contributed by atoms with Crippen molar-refractivity contribution in [2.45, 2.75) is 54.8 Å². The highest BCUT2D eigenvalue weighted by Gasteiger charge is 2.47. The molecule has 134 valence electrons. The van der Waals surface area contributed by atoms with Crippen LogP contribution in [0.4, 0.5) is 0 Å². The van der Waals surface area contributed by atoms with E-state index in [-0.39, 0.29) is 11.9 Å². The van der Waals surface area contributed by atoms with Crippen molar-refractivity contribution in [3.05, 3.63) is 0 Å². The number of carbonyl (C=O) groups is 1. The summed E-state index contributed by atoms with van der Waals surface area (Å²) >= 11 is 1.19. The van der Waals surface area contributed by atoms with Crippen molar-refractivity contribution in [1.82, 2.24) is 10.2 Å². The van der Waals surface area contributed by atoms with E-state index in [1.807, 2.05) is 11.9 Å². The van der Waals surface area contributed by atoms with Gasteiger partial charge in [-0.05, 0) is 32.7 Å². The SMILES string of the molecule is CSC1OC(C(CO)NC(=O)C2CCCN2C)C(O)C(O)C1O. The van der Waals surface area contributed by atoms with E-state index in [9.17, 15) is 25.2 Å². The van der Waals surface area contributed by atoms with Crippen LogP contribution in [-0.4, -0.2) is 99.6 Å². The number of rotatable bonds is 5. The van der Waals surface area contributed by atoms with Crippen molar-refractivity contribution >= 4 is 17.7 Å². The lowest BCUT2D eigenvalue weighted by Gasteiger charge is -2.43. The second-order valence-corrected chi connectivity index (χ2v) is 7.05. The Balaban J connectivity index is 2.05. The van der Waals surface area contributed by atoms with Crippen LogP contribution in [0.25, 0.3) is 0 Å². The van der Waals surface area contributed by atoms with E-state index < -0.39 is 42.5 Å². The van der Waals surface area contributed by atoms with Crippen molar-refractivity contribution in [2.75, 3.05) is 26.5 Å². The number of nitrogens with zero attached hydrogens (tertiary/aromatic N) is 1. The van der Waals surface area contributed by atoms with Gasteiger partial charge in [0.1, 0.15) is 29.9 Å². The molecule has 2 saturated heterocycles. The van der Waals surface area contributed by atoms with Crippen molar-refractivity contribution in [3.63, 3.8) is 0 Å². The van der Waals surface area contributed by atoms with Gasteiger partial charge < -0.3 is 30.5 Å². The number of nitrogens with one attached hydrogen (secondary N) is 1. The van der Waals surface area contributed by atoms with Gasteiger partial charge in [0.2, 0.25) is 5.91 Å². The second kappa shape index (κ2) is 8.11. The largest absolute Gasteiger partial charge is 0.394 e. The average Bonchev–Trinajstić information content (AvgIpc) is 2.97. The molecule has 0 spiro atoms. The van der Waals surface area contributed by atoms with Gasteiger partial charge >= 0.3 is 0 Å². The quantitative estimate of drug-likeness (QED) is 0.376. The van der Waals surface area contributed by atoms with Crippen molar-refractivity contribution < 1.29 is 30.0 Å². The Morgan fingerprint density at radius 3 is 2.57 bits per heavy atom. The minimum atomic E-state index is -1.40. The lowest BCUT2D eigenvalue weighted by atomic mass is 9.94. The van der Waals surface area contributed by atoms with Crippen LogP contribution in [0.15, 0.2) is 0 Å². The molecule has 2 rings (SSSR count). The van der Waals surface area contributed by atoms with E-state index in [2.05, 4.69) is 5.32 Å². The number of likely N-dealkylation sites (N-methyl/N-ethyl adjacent to an activating group) is 1. The summed E-state index contributed by atoms with van der Waals surface area (Å²) in [6.45, 7) is 0.401. The van der Waals surface area contributed by atoms with Gasteiger partial charge in [0, 0.05) is 0 Å². The molecule has 1 amide bonds. The zero-order valence-corrected chi connectivity index (χ0v) is 14.1. The van der Waals surface area contributed by atoms with Gasteiger partial charge in [-0.3, -0.25) is 9.69 Å². The molecule has 7 atom stereocenters. The minimum Gasteiger partial charge on any atom is -0.394 e. The molecular weight excluding hydrogens is 324 g/mol. The molecule has 8 nitrogen and oxygen atoms in total. The number of aliphatic hydroxyl groups excluding tert-OH is 4. The molecule has 0 aromatic carbocycles. The van der Waals surface area contributed by atoms with Crippen LogP contribution in [0.5, 0.6) is 0 Å². The molecule has 2 aliphatic rings. The predicted molar refractivity (Wildman–Crippen MR) is 84.9 cm³/mol. The Hall–Kier alpha value is -0.420. The van der Waals surface area contributed by atoms with Crippen LogP contribution in [0.1, 0.15) is 12.8 Å². The Bertz CT molecular complexity index is 413. The Morgan fingerprint density at radius 1 is 1.35 bits per heavy atom. The zero-order chi connectivity index (χ0) is 17.1. The molecule has 23 heavy (non-hydrogen) atoms. The predicted octanol–water partition coefficient (Wildman–Crippen LogP) is -2.27. The van der Waals surface area contributed by atoms with Crippen LogP contribution in [0.2, 0.25) is 0 Å². The molecule has 2 aliphatic heterocycles. The van der Waals surface area contributed by atoms with E-state index in [1.165, 1.54) is 11.8 Å². The smallest absolute Gasteiger partial charge is 0.237 e. The Morgan fingerprint density at radius 2 is 2.04 bits per heavy atom. The first kappa shape index (κ1) is 18.9. The van der Waals surface area contributed by atoms with Crippen LogP contribution in [0, 0.1) is 0 Å². The molecule has 0 bridgehead atoms. The van der Waals surface area contributed by atoms with Gasteiger partial charge in [-0.2, -0.15) is 0 Å². The van der Waals surface area contributed by atoms with Gasteiger partial charge in [-0.25, -0.2) is 0 Å². The van der Waals surface area contributed by atoms with E-state index in [0.29, 0.717) is 0 Å². The molecule has 2 fully saturated rings. The maximum absolute atomic E-state index is 12.4. The normalized spacial score (nSPS) is 40.1. The lowest BCUT2D eigenvalue weighted by molar-refractivity contribution is -0.207. The first-order chi connectivity index (χ1) is 10.9. The molecule has 0 aromatic heterocycles. The van der Waals surface area contributed by atoms with Crippen LogP contribution in [-0.2, 0) is 9.53 Å². The number of hydrogen-bond acceptors (Lipinski definition) is 8. The molecule has 0 aliphatic carbocycles. The van der Waals surface area contributed by atoms with Gasteiger partial charge in [0.25, 0.3) is 0 Å². The van der Waals surface area contributed by atoms with Crippen molar-refractivity contribution in [1.29, 1.82) is 0 Å². The lowest BCUT2D eigenvalue weighted by Crippen LogP contribution is -2.64. The molecule has 0 radical (unpaired) electrons. The zero-order valence-electron chi connectivity index (χ0n) is 13.3. The van der Waals surface area contributed by atoms with Crippen LogP contribution < -0.4 is 5.32 Å². The van der Waals surface area contributed by atoms with Gasteiger partial charge in [0.05, 0.1) is 18.7 Å². The highest BCUT2D eigenvalue weighted by atomic mass is 32.2. The van der Waals surface area contributed by atoms with Gasteiger partial charge in [0.15, 0.2) is 0 Å². The van der Waals surface area contributed by atoms with Crippen LogP contribution >= 0.6 is 11.8 Å². The summed E-state index contributed by atoms with van der Waals surface area (Å²) in [5.74, 6) is -0.235. The second-order valence-electron chi connectivity index (χ2n) is 6.11. The number of carbonyl (C=O) groups excluding carboxylic acids is 1. The number of aliphatic hydroxyl groups is 4. The molecule has 5 N–H and O–H groups in total. The summed E-state index contributed by atoms with van der Waals surface area (Å²) in [5.41, 5.74) is -0.737. The number of thioether (sulfide) groups is 1. The average molecular weight is 350 g/mol. The summed E-state index contributed by atoms with van der Waals surface area (Å²) in [6, 6.07) is -1.13. The number of likely N-dealkylation sites (tertiary alicyclic amines) is 1. The van der Waals surface area contributed by atoms with E-state index >= 15 is 0 Å². The fraction of sp³-hybridized carbons (Fsp3) is 0.929. The van der Waals surface area contributed by atoms with E-state index in [4.69, 9.17) is 4.74 Å². The highest BCUT2D eigenvalue weighted by Crippen LogP contribution is 2.28. The fourth-order valence-corrected chi connectivity index (χ4v) is 3.83. The monoisotopic (exact) mass is 350 g/mol. The Labute approximate surface area is 139 Å². The summed E-state index contributed by atoms with van der Waals surface area (Å²) in [5, 5.41) is 42.2. The van der Waals surface area contributed by atoms with Crippen LogP contribution in [0.3, 0.4) is 0 Å². The fourth-order valence-electron chi connectivity index (χ4n) is 3.15. The minimum absolute atomic E-state index is 0.235. The molecular formula is C14H26N2O6S.